The predicted molar refractivity (Wildman–Crippen MR) is 69.5 cm³/mol. The third-order valence-electron chi connectivity index (χ3n) is 3.28. The largest absolute Gasteiger partial charge is 0.477 e. The smallest absolute Gasteiger partial charge is 0.346 e. The number of rotatable bonds is 3. The summed E-state index contributed by atoms with van der Waals surface area (Å²) in [6.45, 7) is 7.49. The van der Waals surface area contributed by atoms with Crippen molar-refractivity contribution in [2.75, 3.05) is 13.1 Å². The van der Waals surface area contributed by atoms with Crippen LogP contribution in [0.1, 0.15) is 35.5 Å². The molecule has 0 bridgehead atoms. The molecule has 1 aromatic rings. The van der Waals surface area contributed by atoms with Crippen LogP contribution >= 0.6 is 11.3 Å². The summed E-state index contributed by atoms with van der Waals surface area (Å²) in [5.74, 6) is 0.629. The van der Waals surface area contributed by atoms with Gasteiger partial charge in [-0.15, -0.1) is 11.3 Å². The maximum atomic E-state index is 11.0. The molecular weight excluding hydrogens is 234 g/mol. The average molecular weight is 253 g/mol. The lowest BCUT2D eigenvalue weighted by atomic mass is 9.91. The molecule has 2 rings (SSSR count). The molecule has 0 amide bonds. The summed E-state index contributed by atoms with van der Waals surface area (Å²) in [5.41, 5.74) is 0.962. The second-order valence-corrected chi connectivity index (χ2v) is 6.14. The third kappa shape index (κ3) is 3.07. The number of carboxylic acid groups (broad SMARTS) is 1. The van der Waals surface area contributed by atoms with Crippen molar-refractivity contribution < 1.29 is 9.90 Å². The number of carbonyl (C=O) groups is 1. The van der Waals surface area contributed by atoms with E-state index in [1.807, 2.05) is 11.4 Å². The molecular formula is C13H19NO2S. The summed E-state index contributed by atoms with van der Waals surface area (Å²) in [4.78, 5) is 13.9. The number of thiophene rings is 1. The van der Waals surface area contributed by atoms with Gasteiger partial charge in [0.1, 0.15) is 4.88 Å². The number of aromatic carboxylic acids is 1. The summed E-state index contributed by atoms with van der Waals surface area (Å²) in [6.07, 6.45) is 1.28. The molecule has 0 radical (unpaired) electrons. The van der Waals surface area contributed by atoms with Crippen molar-refractivity contribution in [2.45, 2.75) is 26.8 Å². The van der Waals surface area contributed by atoms with Gasteiger partial charge in [-0.25, -0.2) is 4.79 Å². The Labute approximate surface area is 106 Å². The maximum absolute atomic E-state index is 11.0. The predicted octanol–water partition coefficient (Wildman–Crippen LogP) is 2.92. The molecule has 0 aliphatic carbocycles. The zero-order valence-corrected chi connectivity index (χ0v) is 11.2. The molecule has 4 heteroatoms. The molecule has 1 aliphatic rings. The number of likely N-dealkylation sites (tertiary alicyclic amines) is 1. The van der Waals surface area contributed by atoms with Crippen molar-refractivity contribution in [3.8, 4) is 0 Å². The topological polar surface area (TPSA) is 40.5 Å². The highest BCUT2D eigenvalue weighted by Crippen LogP contribution is 2.25. The van der Waals surface area contributed by atoms with E-state index in [2.05, 4.69) is 18.7 Å². The molecule has 1 aliphatic heterocycles. The molecule has 17 heavy (non-hydrogen) atoms. The van der Waals surface area contributed by atoms with Crippen LogP contribution in [0, 0.1) is 11.8 Å². The van der Waals surface area contributed by atoms with E-state index >= 15 is 0 Å². The molecule has 2 atom stereocenters. The summed E-state index contributed by atoms with van der Waals surface area (Å²) in [6, 6.07) is 1.94. The first-order valence-electron chi connectivity index (χ1n) is 6.08. The van der Waals surface area contributed by atoms with E-state index < -0.39 is 5.97 Å². The minimum atomic E-state index is -0.798. The van der Waals surface area contributed by atoms with Gasteiger partial charge >= 0.3 is 5.97 Å². The van der Waals surface area contributed by atoms with E-state index in [0.717, 1.165) is 25.2 Å². The maximum Gasteiger partial charge on any atom is 0.346 e. The fourth-order valence-electron chi connectivity index (χ4n) is 2.81. The molecule has 1 fully saturated rings. The summed E-state index contributed by atoms with van der Waals surface area (Å²) < 4.78 is 0. The van der Waals surface area contributed by atoms with Crippen LogP contribution in [0.4, 0.5) is 0 Å². The first-order valence-corrected chi connectivity index (χ1v) is 6.96. The quantitative estimate of drug-likeness (QED) is 0.900. The molecule has 0 aromatic carbocycles. The van der Waals surface area contributed by atoms with Gasteiger partial charge in [-0.2, -0.15) is 0 Å². The van der Waals surface area contributed by atoms with Gasteiger partial charge in [-0.1, -0.05) is 13.8 Å². The van der Waals surface area contributed by atoms with E-state index in [4.69, 9.17) is 5.11 Å². The minimum Gasteiger partial charge on any atom is -0.477 e. The number of piperidine rings is 1. The van der Waals surface area contributed by atoms with Gasteiger partial charge in [0.2, 0.25) is 0 Å². The molecule has 3 nitrogen and oxygen atoms in total. The normalized spacial score (nSPS) is 26.0. The monoisotopic (exact) mass is 253 g/mol. The van der Waals surface area contributed by atoms with Crippen molar-refractivity contribution in [3.05, 3.63) is 21.9 Å². The lowest BCUT2D eigenvalue weighted by Gasteiger charge is -2.34. The molecule has 0 spiro atoms. The van der Waals surface area contributed by atoms with Crippen molar-refractivity contribution >= 4 is 17.3 Å². The Hall–Kier alpha value is -0.870. The zero-order chi connectivity index (χ0) is 12.4. The molecule has 2 unspecified atom stereocenters. The van der Waals surface area contributed by atoms with Gasteiger partial charge in [0, 0.05) is 19.6 Å². The highest BCUT2D eigenvalue weighted by Gasteiger charge is 2.23. The molecule has 1 N–H and O–H groups in total. The fraction of sp³-hybridized carbons (Fsp3) is 0.615. The van der Waals surface area contributed by atoms with Crippen molar-refractivity contribution in [1.82, 2.24) is 4.90 Å². The molecule has 2 heterocycles. The summed E-state index contributed by atoms with van der Waals surface area (Å²) >= 11 is 1.32. The van der Waals surface area contributed by atoms with Gasteiger partial charge < -0.3 is 5.11 Å². The van der Waals surface area contributed by atoms with Crippen LogP contribution in [0.3, 0.4) is 0 Å². The van der Waals surface area contributed by atoms with Crippen LogP contribution in [0.5, 0.6) is 0 Å². The van der Waals surface area contributed by atoms with Crippen molar-refractivity contribution in [2.24, 2.45) is 11.8 Å². The lowest BCUT2D eigenvalue weighted by Crippen LogP contribution is -2.38. The van der Waals surface area contributed by atoms with Crippen LogP contribution in [0.2, 0.25) is 0 Å². The third-order valence-corrected chi connectivity index (χ3v) is 4.22. The zero-order valence-electron chi connectivity index (χ0n) is 10.3. The minimum absolute atomic E-state index is 0.496. The van der Waals surface area contributed by atoms with E-state index in [1.54, 1.807) is 0 Å². The number of hydrogen-bond acceptors (Lipinski definition) is 3. The first-order chi connectivity index (χ1) is 8.06. The SMILES string of the molecule is CC1CC(C)CN(Cc2ccsc2C(=O)O)C1. The lowest BCUT2D eigenvalue weighted by molar-refractivity contribution is 0.0698. The van der Waals surface area contributed by atoms with Gasteiger partial charge in [0.05, 0.1) is 0 Å². The van der Waals surface area contributed by atoms with Crippen molar-refractivity contribution in [3.63, 3.8) is 0 Å². The Morgan fingerprint density at radius 3 is 2.71 bits per heavy atom. The van der Waals surface area contributed by atoms with Gasteiger partial charge in [-0.3, -0.25) is 4.90 Å². The van der Waals surface area contributed by atoms with Crippen molar-refractivity contribution in [1.29, 1.82) is 0 Å². The molecule has 1 aromatic heterocycles. The molecule has 0 saturated carbocycles. The average Bonchev–Trinajstić information content (AvgIpc) is 2.63. The Kier molecular flexibility index (Phi) is 3.84. The molecule has 1 saturated heterocycles. The highest BCUT2D eigenvalue weighted by molar-refractivity contribution is 7.12. The summed E-state index contributed by atoms with van der Waals surface area (Å²) in [5, 5.41) is 11.0. The highest BCUT2D eigenvalue weighted by atomic mass is 32.1. The Morgan fingerprint density at radius 2 is 2.12 bits per heavy atom. The van der Waals surface area contributed by atoms with Gasteiger partial charge in [-0.05, 0) is 35.3 Å². The number of nitrogens with zero attached hydrogens (tertiary/aromatic N) is 1. The first kappa shape index (κ1) is 12.6. The second kappa shape index (κ2) is 5.19. The van der Waals surface area contributed by atoms with Crippen LogP contribution < -0.4 is 0 Å². The Morgan fingerprint density at radius 1 is 1.47 bits per heavy atom. The fourth-order valence-corrected chi connectivity index (χ4v) is 3.56. The Balaban J connectivity index is 2.05. The van der Waals surface area contributed by atoms with E-state index in [0.29, 0.717) is 16.7 Å². The van der Waals surface area contributed by atoms with E-state index in [-0.39, 0.29) is 0 Å². The number of carboxylic acids is 1. The van der Waals surface area contributed by atoms with Crippen LogP contribution in [0.25, 0.3) is 0 Å². The van der Waals surface area contributed by atoms with Crippen LogP contribution in [-0.4, -0.2) is 29.1 Å². The van der Waals surface area contributed by atoms with Crippen LogP contribution in [0.15, 0.2) is 11.4 Å². The molecule has 94 valence electrons. The second-order valence-electron chi connectivity index (χ2n) is 5.22. The number of hydrogen-bond donors (Lipinski definition) is 1. The van der Waals surface area contributed by atoms with Crippen LogP contribution in [-0.2, 0) is 6.54 Å². The van der Waals surface area contributed by atoms with Gasteiger partial charge in [0.25, 0.3) is 0 Å². The Bertz CT molecular complexity index is 392. The van der Waals surface area contributed by atoms with E-state index in [9.17, 15) is 4.79 Å². The van der Waals surface area contributed by atoms with E-state index in [1.165, 1.54) is 17.8 Å². The summed E-state index contributed by atoms with van der Waals surface area (Å²) in [7, 11) is 0. The van der Waals surface area contributed by atoms with Gasteiger partial charge in [0.15, 0.2) is 0 Å². The standard InChI is InChI=1S/C13H19NO2S/c1-9-5-10(2)7-14(6-9)8-11-3-4-17-12(11)13(15)16/h3-4,9-10H,5-8H2,1-2H3,(H,15,16).